The molecule has 1 unspecified atom stereocenters. The number of ether oxygens (including phenoxy) is 1. The fourth-order valence-electron chi connectivity index (χ4n) is 4.82. The lowest BCUT2D eigenvalue weighted by molar-refractivity contribution is -0.121. The molecule has 1 aliphatic carbocycles. The van der Waals surface area contributed by atoms with E-state index in [9.17, 15) is 9.59 Å². The number of rotatable bonds is 6. The number of nitrogens with one attached hydrogen (secondary N) is 2. The minimum absolute atomic E-state index is 0.106. The summed E-state index contributed by atoms with van der Waals surface area (Å²) in [4.78, 5) is 37.6. The van der Waals surface area contributed by atoms with Crippen LogP contribution in [0.3, 0.4) is 0 Å². The molecule has 3 amide bonds. The first-order chi connectivity index (χ1) is 16.5. The van der Waals surface area contributed by atoms with Crippen LogP contribution in [-0.2, 0) is 14.9 Å². The number of anilines is 2. The van der Waals surface area contributed by atoms with Gasteiger partial charge in [0.05, 0.1) is 25.6 Å². The summed E-state index contributed by atoms with van der Waals surface area (Å²) in [7, 11) is 0. The van der Waals surface area contributed by atoms with Gasteiger partial charge in [-0.3, -0.25) is 15.0 Å². The van der Waals surface area contributed by atoms with E-state index in [1.165, 1.54) is 30.8 Å². The Morgan fingerprint density at radius 1 is 1.12 bits per heavy atom. The first-order valence-electron chi connectivity index (χ1n) is 11.8. The summed E-state index contributed by atoms with van der Waals surface area (Å²) in [6.07, 6.45) is 6.51. The molecule has 2 aliphatic heterocycles. The van der Waals surface area contributed by atoms with Crippen molar-refractivity contribution in [3.8, 4) is 0 Å². The zero-order chi connectivity index (χ0) is 23.5. The van der Waals surface area contributed by atoms with Crippen molar-refractivity contribution >= 4 is 35.0 Å². The molecule has 1 atom stereocenters. The molecular weight excluding hydrogens is 456 g/mol. The summed E-state index contributed by atoms with van der Waals surface area (Å²) in [5.74, 6) is 0.162. The largest absolute Gasteiger partial charge is 0.379 e. The standard InChI is InChI=1S/C24H29ClN6O3/c25-20-14-27-21(15-26-20)29-23(33)28-19-2-1-9-31(22(19)32)18-5-3-17(4-6-18)24(7-8-24)16-30-10-12-34-13-11-30/h3-6,14-15,19H,1-2,7-13,16H2,(H2,27,28,29,33). The van der Waals surface area contributed by atoms with Crippen LogP contribution in [0.25, 0.3) is 0 Å². The molecule has 34 heavy (non-hydrogen) atoms. The molecule has 2 aromatic rings. The lowest BCUT2D eigenvalue weighted by Gasteiger charge is -2.33. The molecule has 3 fully saturated rings. The highest BCUT2D eigenvalue weighted by Crippen LogP contribution is 2.49. The second-order valence-corrected chi connectivity index (χ2v) is 9.61. The van der Waals surface area contributed by atoms with Crippen LogP contribution in [0.5, 0.6) is 0 Å². The Bertz CT molecular complexity index is 1020. The van der Waals surface area contributed by atoms with Gasteiger partial charge in [-0.1, -0.05) is 23.7 Å². The summed E-state index contributed by atoms with van der Waals surface area (Å²) >= 11 is 5.72. The van der Waals surface area contributed by atoms with Crippen molar-refractivity contribution in [2.24, 2.45) is 0 Å². The molecule has 2 N–H and O–H groups in total. The van der Waals surface area contributed by atoms with E-state index >= 15 is 0 Å². The fraction of sp³-hybridized carbons (Fsp3) is 0.500. The monoisotopic (exact) mass is 484 g/mol. The third-order valence-electron chi connectivity index (χ3n) is 6.88. The Morgan fingerprint density at radius 3 is 2.56 bits per heavy atom. The zero-order valence-electron chi connectivity index (χ0n) is 19.0. The number of hydrogen-bond acceptors (Lipinski definition) is 6. The van der Waals surface area contributed by atoms with Gasteiger partial charge in [-0.25, -0.2) is 14.8 Å². The molecule has 0 bridgehead atoms. The first-order valence-corrected chi connectivity index (χ1v) is 12.2. The number of aromatic nitrogens is 2. The second kappa shape index (κ2) is 9.85. The van der Waals surface area contributed by atoms with E-state index in [2.05, 4.69) is 37.6 Å². The topological polar surface area (TPSA) is 99.7 Å². The van der Waals surface area contributed by atoms with E-state index in [-0.39, 0.29) is 22.3 Å². The normalized spacial score (nSPS) is 22.3. The number of nitrogens with zero attached hydrogens (tertiary/aromatic N) is 4. The van der Waals surface area contributed by atoms with Crippen molar-refractivity contribution in [2.75, 3.05) is 49.6 Å². The minimum Gasteiger partial charge on any atom is -0.379 e. The maximum atomic E-state index is 13.1. The molecule has 3 aliphatic rings. The average Bonchev–Trinajstić information content (AvgIpc) is 3.63. The van der Waals surface area contributed by atoms with Gasteiger partial charge in [0.25, 0.3) is 0 Å². The van der Waals surface area contributed by atoms with Crippen molar-refractivity contribution in [3.05, 3.63) is 47.4 Å². The SMILES string of the molecule is O=C(Nc1cnc(Cl)cn1)NC1CCCN(c2ccc(C3(CN4CCOCC4)CC3)cc2)C1=O. The second-order valence-electron chi connectivity index (χ2n) is 9.22. The van der Waals surface area contributed by atoms with Crippen LogP contribution in [0.4, 0.5) is 16.3 Å². The van der Waals surface area contributed by atoms with E-state index in [4.69, 9.17) is 16.3 Å². The third-order valence-corrected chi connectivity index (χ3v) is 7.08. The average molecular weight is 485 g/mol. The van der Waals surface area contributed by atoms with Crippen LogP contribution >= 0.6 is 11.6 Å². The molecular formula is C24H29ClN6O3. The zero-order valence-corrected chi connectivity index (χ0v) is 19.8. The number of carbonyl (C=O) groups is 2. The number of urea groups is 1. The first kappa shape index (κ1) is 23.0. The van der Waals surface area contributed by atoms with Crippen LogP contribution in [0.15, 0.2) is 36.7 Å². The number of piperidine rings is 1. The number of amides is 3. The quantitative estimate of drug-likeness (QED) is 0.654. The molecule has 1 saturated carbocycles. The number of benzene rings is 1. The Kier molecular flexibility index (Phi) is 6.67. The van der Waals surface area contributed by atoms with Crippen molar-refractivity contribution in [2.45, 2.75) is 37.1 Å². The van der Waals surface area contributed by atoms with Gasteiger partial charge in [-0.15, -0.1) is 0 Å². The van der Waals surface area contributed by atoms with Gasteiger partial charge in [0.2, 0.25) is 5.91 Å². The fourth-order valence-corrected chi connectivity index (χ4v) is 4.92. The van der Waals surface area contributed by atoms with E-state index in [1.54, 1.807) is 4.90 Å². The third kappa shape index (κ3) is 5.16. The van der Waals surface area contributed by atoms with Crippen LogP contribution < -0.4 is 15.5 Å². The van der Waals surface area contributed by atoms with E-state index in [1.807, 2.05) is 12.1 Å². The molecule has 1 aromatic heterocycles. The lowest BCUT2D eigenvalue weighted by atomic mass is 9.94. The molecule has 3 heterocycles. The molecule has 10 heteroatoms. The van der Waals surface area contributed by atoms with Crippen LogP contribution in [0.1, 0.15) is 31.2 Å². The van der Waals surface area contributed by atoms with Gasteiger partial charge in [-0.05, 0) is 43.4 Å². The van der Waals surface area contributed by atoms with Crippen molar-refractivity contribution in [1.29, 1.82) is 0 Å². The number of morpholine rings is 1. The summed E-state index contributed by atoms with van der Waals surface area (Å²) in [6.45, 7) is 5.32. The summed E-state index contributed by atoms with van der Waals surface area (Å²) in [6, 6.07) is 7.32. The van der Waals surface area contributed by atoms with Gasteiger partial charge < -0.3 is 15.0 Å². The van der Waals surface area contributed by atoms with Crippen LogP contribution in [0.2, 0.25) is 5.15 Å². The van der Waals surface area contributed by atoms with Crippen LogP contribution in [-0.4, -0.2) is 72.2 Å². The van der Waals surface area contributed by atoms with Crippen molar-refractivity contribution in [3.63, 3.8) is 0 Å². The van der Waals surface area contributed by atoms with Crippen molar-refractivity contribution in [1.82, 2.24) is 20.2 Å². The predicted molar refractivity (Wildman–Crippen MR) is 129 cm³/mol. The van der Waals surface area contributed by atoms with Gasteiger partial charge in [0.15, 0.2) is 5.82 Å². The number of carbonyl (C=O) groups excluding carboxylic acids is 2. The van der Waals surface area contributed by atoms with Crippen LogP contribution in [0, 0.1) is 0 Å². The number of halogens is 1. The summed E-state index contributed by atoms with van der Waals surface area (Å²) < 4.78 is 5.48. The van der Waals surface area contributed by atoms with Gasteiger partial charge >= 0.3 is 6.03 Å². The Morgan fingerprint density at radius 2 is 1.88 bits per heavy atom. The Labute approximate surface area is 203 Å². The predicted octanol–water partition coefficient (Wildman–Crippen LogP) is 2.81. The lowest BCUT2D eigenvalue weighted by Crippen LogP contribution is -2.53. The van der Waals surface area contributed by atoms with Gasteiger partial charge in [-0.2, -0.15) is 0 Å². The number of hydrogen-bond donors (Lipinski definition) is 2. The minimum atomic E-state index is -0.593. The highest BCUT2D eigenvalue weighted by atomic mass is 35.5. The molecule has 180 valence electrons. The smallest absolute Gasteiger partial charge is 0.321 e. The molecule has 0 spiro atoms. The van der Waals surface area contributed by atoms with Gasteiger partial charge in [0, 0.05) is 37.3 Å². The highest BCUT2D eigenvalue weighted by Gasteiger charge is 2.45. The Balaban J connectivity index is 1.20. The molecule has 5 rings (SSSR count). The van der Waals surface area contributed by atoms with E-state index < -0.39 is 12.1 Å². The molecule has 2 saturated heterocycles. The Hall–Kier alpha value is -2.75. The highest BCUT2D eigenvalue weighted by molar-refractivity contribution is 6.29. The molecule has 1 aromatic carbocycles. The maximum Gasteiger partial charge on any atom is 0.321 e. The summed E-state index contributed by atoms with van der Waals surface area (Å²) in [5.41, 5.74) is 2.44. The molecule has 0 radical (unpaired) electrons. The van der Waals surface area contributed by atoms with E-state index in [0.29, 0.717) is 13.0 Å². The maximum absolute atomic E-state index is 13.1. The van der Waals surface area contributed by atoms with Crippen molar-refractivity contribution < 1.29 is 14.3 Å². The summed E-state index contributed by atoms with van der Waals surface area (Å²) in [5, 5.41) is 5.60. The molecule has 9 nitrogen and oxygen atoms in total. The van der Waals surface area contributed by atoms with Gasteiger partial charge in [0.1, 0.15) is 11.2 Å². The van der Waals surface area contributed by atoms with E-state index in [0.717, 1.165) is 45.0 Å².